The van der Waals surface area contributed by atoms with Gasteiger partial charge in [-0.3, -0.25) is 4.79 Å². The maximum Gasteiger partial charge on any atom is 0.220 e. The van der Waals surface area contributed by atoms with Gasteiger partial charge in [0, 0.05) is 6.42 Å². The van der Waals surface area contributed by atoms with E-state index in [0.29, 0.717) is 12.8 Å². The first-order valence-corrected chi connectivity index (χ1v) is 33.6. The molecule has 0 aromatic carbocycles. The molecule has 84 heavy (non-hydrogen) atoms. The third-order valence-electron chi connectivity index (χ3n) is 17.0. The number of rotatable bonds is 51. The van der Waals surface area contributed by atoms with Gasteiger partial charge in [-0.25, -0.2) is 0 Å². The molecule has 0 spiro atoms. The summed E-state index contributed by atoms with van der Waals surface area (Å²) >= 11 is 0. The van der Waals surface area contributed by atoms with Crippen LogP contribution in [-0.4, -0.2) is 193 Å². The van der Waals surface area contributed by atoms with E-state index in [1.54, 1.807) is 6.08 Å². The fourth-order valence-electron chi connectivity index (χ4n) is 11.5. The van der Waals surface area contributed by atoms with E-state index in [-0.39, 0.29) is 18.9 Å². The van der Waals surface area contributed by atoms with Crippen LogP contribution in [0.25, 0.3) is 0 Å². The lowest BCUT2D eigenvalue weighted by molar-refractivity contribution is -0.379. The van der Waals surface area contributed by atoms with Gasteiger partial charge in [-0.2, -0.15) is 0 Å². The Morgan fingerprint density at radius 3 is 1.19 bits per heavy atom. The Morgan fingerprint density at radius 1 is 0.417 bits per heavy atom. The Morgan fingerprint density at radius 2 is 0.762 bits per heavy atom. The second kappa shape index (κ2) is 48.2. The molecule has 0 aromatic rings. The molecule has 0 radical (unpaired) electrons. The summed E-state index contributed by atoms with van der Waals surface area (Å²) in [5.74, 6) is -0.284. The van der Waals surface area contributed by atoms with Crippen LogP contribution in [0, 0.1) is 0 Å². The molecule has 3 rings (SSSR count). The van der Waals surface area contributed by atoms with Gasteiger partial charge in [-0.15, -0.1) is 0 Å². The number of carbonyl (C=O) groups excluding carboxylic acids is 1. The van der Waals surface area contributed by atoms with Crippen LogP contribution in [0.1, 0.15) is 251 Å². The lowest BCUT2D eigenvalue weighted by Gasteiger charge is -2.48. The zero-order valence-corrected chi connectivity index (χ0v) is 51.9. The molecule has 3 aliphatic heterocycles. The highest BCUT2D eigenvalue weighted by Crippen LogP contribution is 2.33. The average Bonchev–Trinajstić information content (AvgIpc) is 2.94. The monoisotopic (exact) mass is 1200 g/mol. The largest absolute Gasteiger partial charge is 0.394 e. The maximum atomic E-state index is 13.3. The summed E-state index contributed by atoms with van der Waals surface area (Å²) in [7, 11) is 0. The second-order valence-corrected chi connectivity index (χ2v) is 24.3. The van der Waals surface area contributed by atoms with E-state index in [9.17, 15) is 61.0 Å². The predicted molar refractivity (Wildman–Crippen MR) is 323 cm³/mol. The Kier molecular flexibility index (Phi) is 43.9. The van der Waals surface area contributed by atoms with Crippen molar-refractivity contribution < 1.29 is 89.4 Å². The molecule has 3 aliphatic rings. The normalized spacial score (nSPS) is 29.3. The van der Waals surface area contributed by atoms with Gasteiger partial charge in [-0.05, 0) is 32.1 Å². The summed E-state index contributed by atoms with van der Waals surface area (Å²) in [6.07, 6.45) is 26.1. The summed E-state index contributed by atoms with van der Waals surface area (Å²) in [5.41, 5.74) is 0. The van der Waals surface area contributed by atoms with Crippen LogP contribution in [0.15, 0.2) is 24.3 Å². The number of unbranched alkanes of at least 4 members (excludes halogenated alkanes) is 33. The van der Waals surface area contributed by atoms with Gasteiger partial charge < -0.3 is 89.9 Å². The molecule has 0 aliphatic carbocycles. The van der Waals surface area contributed by atoms with Crippen molar-refractivity contribution in [3.63, 3.8) is 0 Å². The van der Waals surface area contributed by atoms with Gasteiger partial charge in [0.2, 0.25) is 5.91 Å². The molecular weight excluding hydrogens is 1080 g/mol. The van der Waals surface area contributed by atoms with Gasteiger partial charge in [0.05, 0.1) is 38.6 Å². The van der Waals surface area contributed by atoms with Crippen molar-refractivity contribution in [2.24, 2.45) is 0 Å². The SMILES string of the molecule is CCCCCCCCCCCCCCCCCCCCCCC/C=C/CC/C=C/C(O)C(COC1OC(CO)C(OC2OC(CO)C(OC3OC(CO)C(O)C(O)C3O)C(O)C2O)C(O)C1O)NC(=O)CCCCCCCCCCCCCC. The third-order valence-corrected chi connectivity index (χ3v) is 17.0. The molecule has 17 unspecified atom stereocenters. The van der Waals surface area contributed by atoms with Crippen LogP contribution in [-0.2, 0) is 33.2 Å². The summed E-state index contributed by atoms with van der Waals surface area (Å²) in [6, 6.07) is -0.985. The van der Waals surface area contributed by atoms with Gasteiger partial charge in [-0.1, -0.05) is 237 Å². The van der Waals surface area contributed by atoms with Crippen molar-refractivity contribution in [1.29, 1.82) is 0 Å². The van der Waals surface area contributed by atoms with E-state index in [0.717, 1.165) is 38.5 Å². The smallest absolute Gasteiger partial charge is 0.220 e. The van der Waals surface area contributed by atoms with Crippen molar-refractivity contribution in [2.45, 2.75) is 356 Å². The summed E-state index contributed by atoms with van der Waals surface area (Å²) < 4.78 is 34.3. The van der Waals surface area contributed by atoms with Crippen molar-refractivity contribution in [3.8, 4) is 0 Å². The summed E-state index contributed by atoms with van der Waals surface area (Å²) in [5, 5.41) is 120. The number of aliphatic hydroxyl groups is 11. The van der Waals surface area contributed by atoms with E-state index in [4.69, 9.17) is 28.4 Å². The number of aliphatic hydroxyl groups excluding tert-OH is 11. The molecular formula is C65H121NO18. The predicted octanol–water partition coefficient (Wildman–Crippen LogP) is 7.88. The molecule has 3 heterocycles. The number of amides is 1. The first-order valence-electron chi connectivity index (χ1n) is 33.6. The summed E-state index contributed by atoms with van der Waals surface area (Å²) in [6.45, 7) is 1.72. The van der Waals surface area contributed by atoms with Gasteiger partial charge >= 0.3 is 0 Å². The van der Waals surface area contributed by atoms with Crippen molar-refractivity contribution >= 4 is 5.91 Å². The Balaban J connectivity index is 1.43. The molecule has 1 amide bonds. The van der Waals surface area contributed by atoms with Crippen LogP contribution < -0.4 is 5.32 Å². The first-order chi connectivity index (χ1) is 40.8. The van der Waals surface area contributed by atoms with E-state index in [2.05, 4.69) is 31.3 Å². The van der Waals surface area contributed by atoms with Crippen LogP contribution in [0.4, 0.5) is 0 Å². The molecule has 3 saturated heterocycles. The molecule has 0 bridgehead atoms. The molecule has 12 N–H and O–H groups in total. The standard InChI is InChI=1S/C65H121NO18/c1-3-5-7-9-11-13-15-17-18-19-20-21-22-23-24-25-26-27-28-29-30-31-32-34-36-38-40-42-49(70)48(66-53(71)43-41-39-37-35-33-16-14-12-10-8-6-4-2)47-79-63-59(77)56(74)61(51(45-68)81-63)84-65-60(78)57(75)62(52(46-69)82-65)83-64-58(76)55(73)54(72)50(44-67)80-64/h32,34,40,42,48-52,54-65,67-70,72-78H,3-31,33,35-39,41,43-47H2,1-2H3,(H,66,71)/b34-32+,42-40+. The fourth-order valence-corrected chi connectivity index (χ4v) is 11.5. The topological polar surface area (TPSA) is 307 Å². The minimum atomic E-state index is -1.98. The average molecular weight is 1200 g/mol. The number of hydrogen-bond donors (Lipinski definition) is 12. The Hall–Kier alpha value is -1.73. The quantitative estimate of drug-likeness (QED) is 0.0204. The van der Waals surface area contributed by atoms with Crippen molar-refractivity contribution in [3.05, 3.63) is 24.3 Å². The number of allylic oxidation sites excluding steroid dienone is 3. The van der Waals surface area contributed by atoms with Crippen LogP contribution in [0.5, 0.6) is 0 Å². The summed E-state index contributed by atoms with van der Waals surface area (Å²) in [4.78, 5) is 13.3. The van der Waals surface area contributed by atoms with Crippen LogP contribution in [0.2, 0.25) is 0 Å². The third kappa shape index (κ3) is 30.7. The van der Waals surface area contributed by atoms with Crippen molar-refractivity contribution in [1.82, 2.24) is 5.32 Å². The van der Waals surface area contributed by atoms with Gasteiger partial charge in [0.1, 0.15) is 73.2 Å². The van der Waals surface area contributed by atoms with Crippen LogP contribution >= 0.6 is 0 Å². The van der Waals surface area contributed by atoms with Crippen LogP contribution in [0.3, 0.4) is 0 Å². The minimum absolute atomic E-state index is 0.239. The highest BCUT2D eigenvalue weighted by Gasteiger charge is 2.53. The zero-order valence-electron chi connectivity index (χ0n) is 51.9. The Bertz CT molecular complexity index is 1630. The molecule has 0 aromatic heterocycles. The molecule has 19 nitrogen and oxygen atoms in total. The molecule has 494 valence electrons. The highest BCUT2D eigenvalue weighted by atomic mass is 16.8. The molecule has 0 saturated carbocycles. The number of carbonyl (C=O) groups is 1. The van der Waals surface area contributed by atoms with Gasteiger partial charge in [0.25, 0.3) is 0 Å². The maximum absolute atomic E-state index is 13.3. The van der Waals surface area contributed by atoms with Crippen molar-refractivity contribution in [2.75, 3.05) is 26.4 Å². The van der Waals surface area contributed by atoms with E-state index in [1.165, 1.54) is 180 Å². The molecule has 17 atom stereocenters. The highest BCUT2D eigenvalue weighted by molar-refractivity contribution is 5.76. The van der Waals surface area contributed by atoms with E-state index < -0.39 is 124 Å². The Labute approximate surface area is 505 Å². The first kappa shape index (κ1) is 76.5. The van der Waals surface area contributed by atoms with E-state index in [1.807, 2.05) is 6.08 Å². The fraction of sp³-hybridized carbons (Fsp3) is 0.923. The lowest BCUT2D eigenvalue weighted by atomic mass is 9.96. The second-order valence-electron chi connectivity index (χ2n) is 24.3. The number of hydrogen-bond acceptors (Lipinski definition) is 18. The number of nitrogens with one attached hydrogen (secondary N) is 1. The molecule has 19 heteroatoms. The zero-order chi connectivity index (χ0) is 61.2. The number of ether oxygens (including phenoxy) is 6. The minimum Gasteiger partial charge on any atom is -0.394 e. The van der Waals surface area contributed by atoms with E-state index >= 15 is 0 Å². The molecule has 3 fully saturated rings. The lowest BCUT2D eigenvalue weighted by Crippen LogP contribution is -2.66. The van der Waals surface area contributed by atoms with Gasteiger partial charge in [0.15, 0.2) is 18.9 Å².